The van der Waals surface area contributed by atoms with E-state index in [-0.39, 0.29) is 5.91 Å². The van der Waals surface area contributed by atoms with Gasteiger partial charge in [0, 0.05) is 10.9 Å². The Morgan fingerprint density at radius 1 is 1.25 bits per heavy atom. The molecule has 3 N–H and O–H groups in total. The van der Waals surface area contributed by atoms with E-state index in [1.54, 1.807) is 11.3 Å². The summed E-state index contributed by atoms with van der Waals surface area (Å²) >= 11 is 6.97. The summed E-state index contributed by atoms with van der Waals surface area (Å²) in [6.45, 7) is 2.28. The van der Waals surface area contributed by atoms with Crippen molar-refractivity contribution in [2.45, 2.75) is 57.9 Å². The Morgan fingerprint density at radius 3 is 2.88 bits per heavy atom. The molecule has 0 saturated heterocycles. The summed E-state index contributed by atoms with van der Waals surface area (Å²) in [4.78, 5) is 14.5. The lowest BCUT2D eigenvalue weighted by Crippen LogP contribution is -2.50. The van der Waals surface area contributed by atoms with E-state index in [2.05, 4.69) is 29.2 Å². The summed E-state index contributed by atoms with van der Waals surface area (Å²) in [5.41, 5.74) is 6.99. The van der Waals surface area contributed by atoms with Gasteiger partial charge in [0.15, 0.2) is 5.11 Å². The van der Waals surface area contributed by atoms with Crippen LogP contribution in [0.2, 0.25) is 0 Å². The summed E-state index contributed by atoms with van der Waals surface area (Å²) in [6, 6.07) is 2.54. The fraction of sp³-hybridized carbons (Fsp3) is 0.667. The lowest BCUT2D eigenvalue weighted by atomic mass is 9.90. The number of thiophene rings is 1. The molecule has 1 aromatic rings. The van der Waals surface area contributed by atoms with Gasteiger partial charge >= 0.3 is 0 Å². The average molecular weight is 364 g/mol. The molecule has 2 saturated carbocycles. The van der Waals surface area contributed by atoms with E-state index in [1.807, 2.05) is 0 Å². The summed E-state index contributed by atoms with van der Waals surface area (Å²) in [7, 11) is 0. The molecule has 2 fully saturated rings. The quantitative estimate of drug-likeness (QED) is 0.558. The van der Waals surface area contributed by atoms with E-state index in [4.69, 9.17) is 12.2 Å². The summed E-state index contributed by atoms with van der Waals surface area (Å²) in [6.07, 6.45) is 8.67. The summed E-state index contributed by atoms with van der Waals surface area (Å²) < 4.78 is 0. The van der Waals surface area contributed by atoms with Crippen LogP contribution < -0.4 is 16.2 Å². The number of amides is 1. The maximum Gasteiger partial charge on any atom is 0.279 e. The third-order valence-electron chi connectivity index (χ3n) is 5.90. The average Bonchev–Trinajstić information content (AvgIpc) is 3.26. The fourth-order valence-electron chi connectivity index (χ4n) is 4.62. The molecule has 0 spiro atoms. The molecule has 0 aliphatic heterocycles. The van der Waals surface area contributed by atoms with Gasteiger partial charge in [0.05, 0.1) is 4.88 Å². The van der Waals surface area contributed by atoms with Crippen molar-refractivity contribution in [2.24, 2.45) is 17.8 Å². The normalized spacial score (nSPS) is 30.7. The molecule has 24 heavy (non-hydrogen) atoms. The summed E-state index contributed by atoms with van der Waals surface area (Å²) in [5.74, 6) is 2.28. The van der Waals surface area contributed by atoms with Crippen molar-refractivity contribution in [3.63, 3.8) is 0 Å². The van der Waals surface area contributed by atoms with Crippen molar-refractivity contribution < 1.29 is 4.79 Å². The van der Waals surface area contributed by atoms with Gasteiger partial charge in [0.25, 0.3) is 5.91 Å². The molecule has 2 bridgehead atoms. The molecule has 3 aliphatic carbocycles. The minimum Gasteiger partial charge on any atom is -0.358 e. The van der Waals surface area contributed by atoms with Crippen LogP contribution in [0.4, 0.5) is 0 Å². The van der Waals surface area contributed by atoms with Gasteiger partial charge in [-0.05, 0) is 80.1 Å². The van der Waals surface area contributed by atoms with Crippen LogP contribution in [0.15, 0.2) is 6.07 Å². The van der Waals surface area contributed by atoms with Crippen LogP contribution in [0.25, 0.3) is 0 Å². The van der Waals surface area contributed by atoms with Crippen molar-refractivity contribution in [2.75, 3.05) is 0 Å². The van der Waals surface area contributed by atoms with Gasteiger partial charge in [-0.1, -0.05) is 13.3 Å². The van der Waals surface area contributed by atoms with Crippen molar-refractivity contribution in [3.8, 4) is 0 Å². The van der Waals surface area contributed by atoms with Crippen LogP contribution in [0.1, 0.15) is 59.1 Å². The van der Waals surface area contributed by atoms with Crippen LogP contribution in [0.5, 0.6) is 0 Å². The first-order chi connectivity index (χ1) is 11.6. The second-order valence-corrected chi connectivity index (χ2v) is 9.29. The number of fused-ring (bicyclic) bond motifs is 3. The highest BCUT2D eigenvalue weighted by molar-refractivity contribution is 7.80. The number of carbonyl (C=O) groups is 1. The Bertz CT molecular complexity index is 657. The molecule has 130 valence electrons. The molecule has 4 atom stereocenters. The van der Waals surface area contributed by atoms with Gasteiger partial charge in [-0.25, -0.2) is 0 Å². The smallest absolute Gasteiger partial charge is 0.279 e. The highest BCUT2D eigenvalue weighted by Gasteiger charge is 2.39. The molecule has 4 nitrogen and oxygen atoms in total. The Labute approximate surface area is 152 Å². The number of hydrogen-bond donors (Lipinski definition) is 3. The maximum atomic E-state index is 12.4. The van der Waals surface area contributed by atoms with E-state index < -0.39 is 0 Å². The number of nitrogens with one attached hydrogen (secondary N) is 3. The van der Waals surface area contributed by atoms with Crippen LogP contribution in [0.3, 0.4) is 0 Å². The second kappa shape index (κ2) is 6.64. The third-order valence-corrected chi connectivity index (χ3v) is 7.35. The first-order valence-electron chi connectivity index (χ1n) is 9.07. The number of rotatable bonds is 2. The molecule has 6 heteroatoms. The Morgan fingerprint density at radius 2 is 2.12 bits per heavy atom. The van der Waals surface area contributed by atoms with E-state index in [9.17, 15) is 4.79 Å². The largest absolute Gasteiger partial charge is 0.358 e. The van der Waals surface area contributed by atoms with E-state index >= 15 is 0 Å². The van der Waals surface area contributed by atoms with E-state index in [0.717, 1.165) is 35.5 Å². The van der Waals surface area contributed by atoms with Crippen LogP contribution in [0, 0.1) is 17.8 Å². The SMILES string of the molecule is C[C@H]1CCc2sc(C(=O)NNC(=S)N[C@H]3C[C@H]4CC[C@H]3C4)cc2C1. The van der Waals surface area contributed by atoms with Crippen molar-refractivity contribution in [3.05, 3.63) is 21.4 Å². The molecule has 0 unspecified atom stereocenters. The van der Waals surface area contributed by atoms with Gasteiger partial charge in [0.2, 0.25) is 0 Å². The molecule has 1 heterocycles. The Balaban J connectivity index is 1.28. The predicted molar refractivity (Wildman–Crippen MR) is 101 cm³/mol. The Hall–Kier alpha value is -1.14. The predicted octanol–water partition coefficient (Wildman–Crippen LogP) is 3.17. The monoisotopic (exact) mass is 363 g/mol. The van der Waals surface area contributed by atoms with Gasteiger partial charge in [-0.15, -0.1) is 11.3 Å². The molecule has 1 amide bonds. The minimum atomic E-state index is -0.0841. The minimum absolute atomic E-state index is 0.0841. The van der Waals surface area contributed by atoms with Crippen LogP contribution >= 0.6 is 23.6 Å². The van der Waals surface area contributed by atoms with Crippen molar-refractivity contribution in [1.29, 1.82) is 0 Å². The number of aryl methyl sites for hydroxylation is 1. The molecular formula is C18H25N3OS2. The maximum absolute atomic E-state index is 12.4. The molecule has 4 rings (SSSR count). The lowest BCUT2D eigenvalue weighted by Gasteiger charge is -2.24. The zero-order chi connectivity index (χ0) is 16.7. The van der Waals surface area contributed by atoms with Gasteiger partial charge in [0.1, 0.15) is 0 Å². The first-order valence-corrected chi connectivity index (χ1v) is 10.3. The molecule has 0 aromatic carbocycles. The zero-order valence-corrected chi connectivity index (χ0v) is 15.7. The summed E-state index contributed by atoms with van der Waals surface area (Å²) in [5, 5.41) is 3.92. The molecule has 1 aromatic heterocycles. The topological polar surface area (TPSA) is 53.2 Å². The van der Waals surface area contributed by atoms with E-state index in [1.165, 1.54) is 42.5 Å². The first kappa shape index (κ1) is 16.3. The number of hydrazine groups is 1. The van der Waals surface area contributed by atoms with E-state index in [0.29, 0.717) is 11.2 Å². The van der Waals surface area contributed by atoms with Gasteiger partial charge in [-0.3, -0.25) is 15.6 Å². The second-order valence-electron chi connectivity index (χ2n) is 7.74. The zero-order valence-electron chi connectivity index (χ0n) is 14.1. The lowest BCUT2D eigenvalue weighted by molar-refractivity contribution is 0.0947. The third kappa shape index (κ3) is 3.31. The Kier molecular flexibility index (Phi) is 4.52. The number of thiocarbonyl (C=S) groups is 1. The van der Waals surface area contributed by atoms with Crippen molar-refractivity contribution >= 4 is 34.6 Å². The molecular weight excluding hydrogens is 338 g/mol. The molecule has 3 aliphatic rings. The number of hydrogen-bond acceptors (Lipinski definition) is 3. The highest BCUT2D eigenvalue weighted by atomic mass is 32.1. The van der Waals surface area contributed by atoms with Gasteiger partial charge < -0.3 is 5.32 Å². The van der Waals surface area contributed by atoms with Crippen LogP contribution in [-0.2, 0) is 12.8 Å². The number of carbonyl (C=O) groups excluding carboxylic acids is 1. The molecule has 0 radical (unpaired) electrons. The van der Waals surface area contributed by atoms with Crippen molar-refractivity contribution in [1.82, 2.24) is 16.2 Å². The highest BCUT2D eigenvalue weighted by Crippen LogP contribution is 2.44. The van der Waals surface area contributed by atoms with Gasteiger partial charge in [-0.2, -0.15) is 0 Å². The standard InChI is InChI=1S/C18H25N3OS2/c1-10-2-5-15-13(6-10)9-16(24-15)17(22)20-21-18(23)19-14-8-11-3-4-12(14)7-11/h9-12,14H,2-8H2,1H3,(H,20,22)(H2,19,21,23)/t10-,11-,12-,14-/m0/s1. The fourth-order valence-corrected chi connectivity index (χ4v) is 5.92. The van der Waals surface area contributed by atoms with Crippen LogP contribution in [-0.4, -0.2) is 17.1 Å².